The monoisotopic (exact) mass is 381 g/mol. The van der Waals surface area contributed by atoms with Gasteiger partial charge in [0.1, 0.15) is 24.0 Å². The van der Waals surface area contributed by atoms with Crippen LogP contribution < -0.4 is 11.1 Å². The predicted octanol–water partition coefficient (Wildman–Crippen LogP) is -1.15. The lowest BCUT2D eigenvalue weighted by Crippen LogP contribution is -2.36. The standard InChI is InChI=1S/C13H11F4N3O6/c14-5-6(22)3-1-20(11-8(24)7(23)4(2-21)26-11)12(25)19-10(3)18-9(5)13(15,16)17/h1,4,7-8,11,21,23-24H,2H2,(H,18,19,25)/t4-,7?,8?,11-/m1/s1. The SMILES string of the molecule is O=c1c(F)c(C(F)(F)F)[nH]c2nc(=O)n([C@@H]3O[C@H](CO)C(O)C3O)cc12. The molecule has 0 aromatic carbocycles. The van der Waals surface area contributed by atoms with E-state index in [0.29, 0.717) is 10.8 Å². The van der Waals surface area contributed by atoms with E-state index >= 15 is 0 Å². The zero-order chi connectivity index (χ0) is 19.4. The van der Waals surface area contributed by atoms with Gasteiger partial charge in [0.25, 0.3) is 0 Å². The summed E-state index contributed by atoms with van der Waals surface area (Å²) in [5.41, 5.74) is -5.69. The molecule has 3 heterocycles. The Morgan fingerprint density at radius 2 is 1.92 bits per heavy atom. The Bertz CT molecular complexity index is 971. The third-order valence-electron chi connectivity index (χ3n) is 3.93. The van der Waals surface area contributed by atoms with Crippen molar-refractivity contribution in [3.63, 3.8) is 0 Å². The first-order chi connectivity index (χ1) is 12.1. The highest BCUT2D eigenvalue weighted by Gasteiger charge is 2.44. The molecule has 26 heavy (non-hydrogen) atoms. The Morgan fingerprint density at radius 3 is 2.46 bits per heavy atom. The van der Waals surface area contributed by atoms with E-state index in [9.17, 15) is 37.4 Å². The maximum atomic E-state index is 13.8. The van der Waals surface area contributed by atoms with Crippen molar-refractivity contribution < 1.29 is 37.6 Å². The largest absolute Gasteiger partial charge is 0.434 e. The summed E-state index contributed by atoms with van der Waals surface area (Å²) in [6, 6.07) is 0. The number of H-pyrrole nitrogens is 1. The Balaban J connectivity index is 2.19. The number of hydrogen-bond donors (Lipinski definition) is 4. The normalized spacial score (nSPS) is 26.6. The molecular weight excluding hydrogens is 370 g/mol. The molecule has 0 spiro atoms. The zero-order valence-corrected chi connectivity index (χ0v) is 12.6. The van der Waals surface area contributed by atoms with Gasteiger partial charge >= 0.3 is 11.9 Å². The van der Waals surface area contributed by atoms with E-state index in [2.05, 4.69) is 4.98 Å². The number of aliphatic hydroxyl groups excluding tert-OH is 3. The van der Waals surface area contributed by atoms with Crippen molar-refractivity contribution in [2.24, 2.45) is 0 Å². The number of nitrogens with one attached hydrogen (secondary N) is 1. The van der Waals surface area contributed by atoms with Gasteiger partial charge in [-0.05, 0) is 0 Å². The van der Waals surface area contributed by atoms with Gasteiger partial charge in [-0.25, -0.2) is 9.18 Å². The van der Waals surface area contributed by atoms with Gasteiger partial charge in [0.05, 0.1) is 12.0 Å². The Labute approximate surface area is 140 Å². The summed E-state index contributed by atoms with van der Waals surface area (Å²) >= 11 is 0. The van der Waals surface area contributed by atoms with Gasteiger partial charge in [-0.3, -0.25) is 9.36 Å². The molecule has 2 aromatic heterocycles. The van der Waals surface area contributed by atoms with Crippen molar-refractivity contribution in [1.29, 1.82) is 0 Å². The fourth-order valence-electron chi connectivity index (χ4n) is 2.62. The number of halogens is 4. The number of aliphatic hydroxyl groups is 3. The molecule has 142 valence electrons. The van der Waals surface area contributed by atoms with Gasteiger partial charge in [0.2, 0.25) is 5.43 Å². The van der Waals surface area contributed by atoms with Gasteiger partial charge in [0, 0.05) is 6.20 Å². The smallest absolute Gasteiger partial charge is 0.394 e. The molecule has 1 aliphatic rings. The van der Waals surface area contributed by atoms with Crippen LogP contribution in [-0.4, -0.2) is 54.8 Å². The number of rotatable bonds is 2. The minimum absolute atomic E-state index is 0.522. The van der Waals surface area contributed by atoms with Gasteiger partial charge < -0.3 is 25.0 Å². The fraction of sp³-hybridized carbons (Fsp3) is 0.462. The molecule has 1 saturated heterocycles. The summed E-state index contributed by atoms with van der Waals surface area (Å²) in [7, 11) is 0. The van der Waals surface area contributed by atoms with Crippen LogP contribution in [0.2, 0.25) is 0 Å². The van der Waals surface area contributed by atoms with Crippen LogP contribution >= 0.6 is 0 Å². The zero-order valence-electron chi connectivity index (χ0n) is 12.6. The summed E-state index contributed by atoms with van der Waals surface area (Å²) in [6.07, 6.45) is -10.7. The van der Waals surface area contributed by atoms with Crippen LogP contribution in [0.1, 0.15) is 11.9 Å². The first kappa shape index (κ1) is 18.4. The van der Waals surface area contributed by atoms with Gasteiger partial charge in [-0.2, -0.15) is 18.2 Å². The molecule has 3 rings (SSSR count). The lowest BCUT2D eigenvalue weighted by atomic mass is 10.1. The molecule has 0 aliphatic carbocycles. The van der Waals surface area contributed by atoms with Crippen molar-refractivity contribution in [3.8, 4) is 0 Å². The lowest BCUT2D eigenvalue weighted by molar-refractivity contribution is -0.143. The van der Waals surface area contributed by atoms with Crippen molar-refractivity contribution in [2.45, 2.75) is 30.7 Å². The molecule has 1 aliphatic heterocycles. The van der Waals surface area contributed by atoms with Crippen LogP contribution in [0, 0.1) is 5.82 Å². The quantitative estimate of drug-likeness (QED) is 0.482. The van der Waals surface area contributed by atoms with E-state index in [0.717, 1.165) is 0 Å². The van der Waals surface area contributed by atoms with Crippen LogP contribution in [0.15, 0.2) is 15.8 Å². The Morgan fingerprint density at radius 1 is 1.27 bits per heavy atom. The summed E-state index contributed by atoms with van der Waals surface area (Å²) in [5.74, 6) is -2.11. The number of nitrogens with zero attached hydrogens (tertiary/aromatic N) is 2. The van der Waals surface area contributed by atoms with E-state index in [1.807, 2.05) is 0 Å². The third-order valence-corrected chi connectivity index (χ3v) is 3.93. The Kier molecular flexibility index (Phi) is 4.34. The van der Waals surface area contributed by atoms with Gasteiger partial charge in [0.15, 0.2) is 17.7 Å². The average molecular weight is 381 g/mol. The van der Waals surface area contributed by atoms with Crippen molar-refractivity contribution >= 4 is 11.0 Å². The summed E-state index contributed by atoms with van der Waals surface area (Å²) in [5, 5.41) is 27.9. The van der Waals surface area contributed by atoms with Crippen LogP contribution in [0.4, 0.5) is 17.6 Å². The number of fused-ring (bicyclic) bond motifs is 1. The number of ether oxygens (including phenoxy) is 1. The van der Waals surface area contributed by atoms with Crippen LogP contribution in [0.5, 0.6) is 0 Å². The maximum absolute atomic E-state index is 13.8. The fourth-order valence-corrected chi connectivity index (χ4v) is 2.62. The summed E-state index contributed by atoms with van der Waals surface area (Å²) in [6.45, 7) is -0.700. The van der Waals surface area contributed by atoms with E-state index in [1.165, 1.54) is 0 Å². The number of pyridine rings is 1. The highest BCUT2D eigenvalue weighted by Crippen LogP contribution is 2.30. The minimum atomic E-state index is -5.21. The second-order valence-electron chi connectivity index (χ2n) is 5.56. The second-order valence-corrected chi connectivity index (χ2v) is 5.56. The third kappa shape index (κ3) is 2.78. The molecule has 0 saturated carbocycles. The molecule has 9 nitrogen and oxygen atoms in total. The molecule has 1 fully saturated rings. The highest BCUT2D eigenvalue weighted by molar-refractivity contribution is 5.73. The Hall–Kier alpha value is -2.35. The molecule has 4 N–H and O–H groups in total. The summed E-state index contributed by atoms with van der Waals surface area (Å²) in [4.78, 5) is 28.8. The average Bonchev–Trinajstić information content (AvgIpc) is 2.84. The van der Waals surface area contributed by atoms with Crippen LogP contribution in [0.3, 0.4) is 0 Å². The van der Waals surface area contributed by atoms with E-state index < -0.39 is 71.0 Å². The van der Waals surface area contributed by atoms with Gasteiger partial charge in [-0.1, -0.05) is 0 Å². The summed E-state index contributed by atoms with van der Waals surface area (Å²) < 4.78 is 57.6. The molecule has 0 radical (unpaired) electrons. The number of hydrogen-bond acceptors (Lipinski definition) is 7. The van der Waals surface area contributed by atoms with E-state index in [-0.39, 0.29) is 0 Å². The molecule has 0 amide bonds. The number of aromatic nitrogens is 3. The van der Waals surface area contributed by atoms with Crippen LogP contribution in [0.25, 0.3) is 11.0 Å². The van der Waals surface area contributed by atoms with Crippen molar-refractivity contribution in [2.75, 3.05) is 6.61 Å². The highest BCUT2D eigenvalue weighted by atomic mass is 19.4. The van der Waals surface area contributed by atoms with E-state index in [1.54, 1.807) is 4.98 Å². The molecule has 2 aromatic rings. The molecule has 0 bridgehead atoms. The predicted molar refractivity (Wildman–Crippen MR) is 74.6 cm³/mol. The van der Waals surface area contributed by atoms with Gasteiger partial charge in [-0.15, -0.1) is 0 Å². The number of aromatic amines is 1. The second kappa shape index (κ2) is 6.12. The topological polar surface area (TPSA) is 138 Å². The lowest BCUT2D eigenvalue weighted by Gasteiger charge is -2.17. The van der Waals surface area contributed by atoms with E-state index in [4.69, 9.17) is 9.84 Å². The van der Waals surface area contributed by atoms with Crippen molar-refractivity contribution in [3.05, 3.63) is 38.4 Å². The molecule has 4 atom stereocenters. The first-order valence-electron chi connectivity index (χ1n) is 7.10. The molecule has 2 unspecified atom stereocenters. The molecule has 13 heteroatoms. The van der Waals surface area contributed by atoms with Crippen LogP contribution in [-0.2, 0) is 10.9 Å². The molecular formula is C13H11F4N3O6. The van der Waals surface area contributed by atoms with Crippen molar-refractivity contribution in [1.82, 2.24) is 14.5 Å². The maximum Gasteiger partial charge on any atom is 0.434 e. The minimum Gasteiger partial charge on any atom is -0.394 e. The first-order valence-corrected chi connectivity index (χ1v) is 7.10. The number of alkyl halides is 3.